The number of carbonyl (C=O) groups is 3. The monoisotopic (exact) mass is 485 g/mol. The molecule has 3 amide bonds. The first kappa shape index (κ1) is 24.4. The molecule has 2 aromatic rings. The average molecular weight is 486 g/mol. The van der Waals surface area contributed by atoms with Crippen LogP contribution < -0.4 is 11.1 Å². The van der Waals surface area contributed by atoms with Crippen molar-refractivity contribution in [3.63, 3.8) is 0 Å². The maximum absolute atomic E-state index is 14.2. The third-order valence-electron chi connectivity index (χ3n) is 7.23. The van der Waals surface area contributed by atoms with E-state index in [2.05, 4.69) is 26.1 Å². The van der Waals surface area contributed by atoms with Crippen molar-refractivity contribution in [1.82, 2.24) is 4.90 Å². The second-order valence-electron chi connectivity index (χ2n) is 10.4. The van der Waals surface area contributed by atoms with Crippen molar-refractivity contribution in [3.05, 3.63) is 51.7 Å². The molecule has 1 fully saturated rings. The maximum Gasteiger partial charge on any atom is 0.259 e. The lowest BCUT2D eigenvalue weighted by atomic mass is 9.72. The summed E-state index contributed by atoms with van der Waals surface area (Å²) in [6.07, 6.45) is 3.66. The van der Waals surface area contributed by atoms with Crippen LogP contribution in [0.2, 0.25) is 0 Å². The standard InChI is InChI=1S/C26H32FN3O3S/c1-26(2,3)16-8-9-18-20(14-16)34-24(29-23(32)17-6-4-5-7-19(17)27)21(18)25(33)30-12-10-15(11-13-30)22(28)31/h4-7,15-16H,8-14H2,1-3H3,(H2,28,31)(H,29,32). The molecule has 1 saturated heterocycles. The van der Waals surface area contributed by atoms with Crippen molar-refractivity contribution in [3.8, 4) is 0 Å². The van der Waals surface area contributed by atoms with E-state index in [-0.39, 0.29) is 28.7 Å². The lowest BCUT2D eigenvalue weighted by Gasteiger charge is -2.34. The van der Waals surface area contributed by atoms with E-state index < -0.39 is 11.7 Å². The molecule has 1 unspecified atom stereocenters. The van der Waals surface area contributed by atoms with Gasteiger partial charge in [0.25, 0.3) is 11.8 Å². The lowest BCUT2D eigenvalue weighted by molar-refractivity contribution is -0.123. The van der Waals surface area contributed by atoms with Gasteiger partial charge in [0, 0.05) is 23.9 Å². The van der Waals surface area contributed by atoms with Crippen LogP contribution in [-0.4, -0.2) is 35.7 Å². The second-order valence-corrected chi connectivity index (χ2v) is 11.5. The highest BCUT2D eigenvalue weighted by atomic mass is 32.1. The molecular formula is C26H32FN3O3S. The molecule has 1 aliphatic carbocycles. The lowest BCUT2D eigenvalue weighted by Crippen LogP contribution is -2.42. The van der Waals surface area contributed by atoms with Crippen molar-refractivity contribution < 1.29 is 18.8 Å². The molecule has 2 heterocycles. The van der Waals surface area contributed by atoms with Gasteiger partial charge in [0.05, 0.1) is 11.1 Å². The van der Waals surface area contributed by atoms with E-state index >= 15 is 0 Å². The summed E-state index contributed by atoms with van der Waals surface area (Å²) in [5.74, 6) is -1.37. The summed E-state index contributed by atoms with van der Waals surface area (Å²) in [7, 11) is 0. The van der Waals surface area contributed by atoms with Gasteiger partial charge < -0.3 is 16.0 Å². The Labute approximate surface area is 203 Å². The van der Waals surface area contributed by atoms with Crippen molar-refractivity contribution in [2.75, 3.05) is 18.4 Å². The Balaban J connectivity index is 1.66. The van der Waals surface area contributed by atoms with Crippen molar-refractivity contribution in [2.45, 2.75) is 52.9 Å². The first-order valence-electron chi connectivity index (χ1n) is 11.8. The minimum absolute atomic E-state index is 0.0536. The number of thiophene rings is 1. The third kappa shape index (κ3) is 4.87. The van der Waals surface area contributed by atoms with Gasteiger partial charge in [0.2, 0.25) is 5.91 Å². The molecule has 1 aromatic carbocycles. The van der Waals surface area contributed by atoms with Crippen molar-refractivity contribution in [2.24, 2.45) is 23.0 Å². The number of nitrogens with two attached hydrogens (primary N) is 1. The van der Waals surface area contributed by atoms with Gasteiger partial charge in [-0.2, -0.15) is 0 Å². The Hall–Kier alpha value is -2.74. The number of fused-ring (bicyclic) bond motifs is 1. The highest BCUT2D eigenvalue weighted by molar-refractivity contribution is 7.17. The summed E-state index contributed by atoms with van der Waals surface area (Å²) in [4.78, 5) is 41.0. The molecule has 1 atom stereocenters. The van der Waals surface area contributed by atoms with Gasteiger partial charge in [0.1, 0.15) is 10.8 Å². The fourth-order valence-electron chi connectivity index (χ4n) is 4.98. The number of amides is 3. The number of halogens is 1. The summed E-state index contributed by atoms with van der Waals surface area (Å²) >= 11 is 1.43. The summed E-state index contributed by atoms with van der Waals surface area (Å²) in [5.41, 5.74) is 7.05. The van der Waals surface area contributed by atoms with Crippen LogP contribution in [0.25, 0.3) is 0 Å². The van der Waals surface area contributed by atoms with Crippen LogP contribution in [0.15, 0.2) is 24.3 Å². The molecule has 2 aliphatic rings. The molecule has 1 aromatic heterocycles. The first-order chi connectivity index (χ1) is 16.1. The minimum Gasteiger partial charge on any atom is -0.369 e. The van der Waals surface area contributed by atoms with E-state index in [1.165, 1.54) is 29.5 Å². The van der Waals surface area contributed by atoms with Crippen LogP contribution in [0, 0.1) is 23.1 Å². The Morgan fingerprint density at radius 3 is 2.41 bits per heavy atom. The highest BCUT2D eigenvalue weighted by Gasteiger charge is 2.36. The zero-order valence-electron chi connectivity index (χ0n) is 19.9. The van der Waals surface area contributed by atoms with Crippen molar-refractivity contribution in [1.29, 1.82) is 0 Å². The van der Waals surface area contributed by atoms with Crippen LogP contribution in [0.3, 0.4) is 0 Å². The molecular weight excluding hydrogens is 453 g/mol. The molecule has 3 N–H and O–H groups in total. The Morgan fingerprint density at radius 1 is 1.12 bits per heavy atom. The third-order valence-corrected chi connectivity index (χ3v) is 8.40. The van der Waals surface area contributed by atoms with Gasteiger partial charge in [-0.1, -0.05) is 32.9 Å². The van der Waals surface area contributed by atoms with E-state index in [1.807, 2.05) is 0 Å². The number of anilines is 1. The molecule has 0 bridgehead atoms. The smallest absolute Gasteiger partial charge is 0.259 e. The van der Waals surface area contributed by atoms with E-state index in [9.17, 15) is 18.8 Å². The molecule has 0 spiro atoms. The Bertz CT molecular complexity index is 1110. The van der Waals surface area contributed by atoms with Crippen LogP contribution >= 0.6 is 11.3 Å². The fourth-order valence-corrected chi connectivity index (χ4v) is 6.29. The van der Waals surface area contributed by atoms with Gasteiger partial charge in [-0.05, 0) is 61.1 Å². The fraction of sp³-hybridized carbons (Fsp3) is 0.500. The number of rotatable bonds is 4. The number of piperidine rings is 1. The minimum atomic E-state index is -0.601. The van der Waals surface area contributed by atoms with Gasteiger partial charge >= 0.3 is 0 Å². The number of nitrogens with one attached hydrogen (secondary N) is 1. The summed E-state index contributed by atoms with van der Waals surface area (Å²) in [5, 5.41) is 3.32. The molecule has 182 valence electrons. The molecule has 0 saturated carbocycles. The van der Waals surface area contributed by atoms with Crippen LogP contribution in [0.5, 0.6) is 0 Å². The summed E-state index contributed by atoms with van der Waals surface area (Å²) < 4.78 is 14.2. The molecule has 6 nitrogen and oxygen atoms in total. The van der Waals surface area contributed by atoms with Gasteiger partial charge in [0.15, 0.2) is 0 Å². The van der Waals surface area contributed by atoms with Crippen LogP contribution in [0.1, 0.15) is 71.2 Å². The normalized spacial score (nSPS) is 18.9. The number of primary amides is 1. The number of hydrogen-bond donors (Lipinski definition) is 2. The van der Waals surface area contributed by atoms with Gasteiger partial charge in [-0.3, -0.25) is 14.4 Å². The quantitative estimate of drug-likeness (QED) is 0.661. The zero-order chi connectivity index (χ0) is 24.6. The predicted molar refractivity (Wildman–Crippen MR) is 131 cm³/mol. The summed E-state index contributed by atoms with van der Waals surface area (Å²) in [6, 6.07) is 5.83. The molecule has 34 heavy (non-hydrogen) atoms. The summed E-state index contributed by atoms with van der Waals surface area (Å²) in [6.45, 7) is 7.58. The topological polar surface area (TPSA) is 92.5 Å². The van der Waals surface area contributed by atoms with Gasteiger partial charge in [-0.25, -0.2) is 4.39 Å². The Morgan fingerprint density at radius 2 is 1.79 bits per heavy atom. The SMILES string of the molecule is CC(C)(C)C1CCc2c(sc(NC(=O)c3ccccc3F)c2C(=O)N2CCC(C(N)=O)CC2)C1. The molecule has 4 rings (SSSR count). The highest BCUT2D eigenvalue weighted by Crippen LogP contribution is 2.45. The van der Waals surface area contributed by atoms with Crippen LogP contribution in [0.4, 0.5) is 9.39 Å². The second kappa shape index (κ2) is 9.49. The zero-order valence-corrected chi connectivity index (χ0v) is 20.8. The number of benzene rings is 1. The van der Waals surface area contributed by atoms with E-state index in [4.69, 9.17) is 5.73 Å². The van der Waals surface area contributed by atoms with Gasteiger partial charge in [-0.15, -0.1) is 11.3 Å². The largest absolute Gasteiger partial charge is 0.369 e. The molecule has 1 aliphatic heterocycles. The van der Waals surface area contributed by atoms with Crippen LogP contribution in [-0.2, 0) is 17.6 Å². The van der Waals surface area contributed by atoms with E-state index in [0.717, 1.165) is 29.7 Å². The number of hydrogen-bond acceptors (Lipinski definition) is 4. The first-order valence-corrected chi connectivity index (χ1v) is 12.7. The predicted octanol–water partition coefficient (Wildman–Crippen LogP) is 4.63. The van der Waals surface area contributed by atoms with E-state index in [1.54, 1.807) is 11.0 Å². The number of likely N-dealkylation sites (tertiary alicyclic amines) is 1. The van der Waals surface area contributed by atoms with E-state index in [0.29, 0.717) is 42.4 Å². The Kier molecular flexibility index (Phi) is 6.80. The van der Waals surface area contributed by atoms with Crippen molar-refractivity contribution >= 4 is 34.1 Å². The molecule has 8 heteroatoms. The number of carbonyl (C=O) groups excluding carboxylic acids is 3. The average Bonchev–Trinajstić information content (AvgIpc) is 3.15. The maximum atomic E-state index is 14.2. The number of nitrogens with zero attached hydrogens (tertiary/aromatic N) is 1. The molecule has 0 radical (unpaired) electrons.